The Morgan fingerprint density at radius 1 is 1.22 bits per heavy atom. The topological polar surface area (TPSA) is 192 Å². The number of carbonyl (C=O) groups is 4. The minimum Gasteiger partial charge on any atom is -0.489 e. The van der Waals surface area contributed by atoms with Gasteiger partial charge >= 0.3 is 17.9 Å². The second-order valence-corrected chi connectivity index (χ2v) is 8.45. The summed E-state index contributed by atoms with van der Waals surface area (Å²) in [5.74, 6) is -3.62. The second kappa shape index (κ2) is 11.9. The van der Waals surface area contributed by atoms with E-state index in [1.54, 1.807) is 36.4 Å². The van der Waals surface area contributed by atoms with Gasteiger partial charge < -0.3 is 35.6 Å². The molecular weight excluding hydrogens is 484 g/mol. The fourth-order valence-electron chi connectivity index (χ4n) is 3.97. The molecule has 1 amide bonds. The maximum Gasteiger partial charge on any atom is 0.343 e. The molecule has 1 atom stereocenters. The van der Waals surface area contributed by atoms with Gasteiger partial charge in [-0.15, -0.1) is 0 Å². The lowest BCUT2D eigenvalue weighted by molar-refractivity contribution is -0.153. The van der Waals surface area contributed by atoms with Crippen molar-refractivity contribution in [1.29, 1.82) is 5.41 Å². The van der Waals surface area contributed by atoms with Gasteiger partial charge in [-0.1, -0.05) is 12.1 Å². The fraction of sp³-hybridized carbons (Fsp3) is 0.320. The molecule has 12 heteroatoms. The van der Waals surface area contributed by atoms with Crippen LogP contribution in [0.25, 0.3) is 0 Å². The maximum absolute atomic E-state index is 13.0. The zero-order chi connectivity index (χ0) is 27.1. The number of ether oxygens (including phenoxy) is 2. The number of guanidine groups is 1. The van der Waals surface area contributed by atoms with E-state index < -0.39 is 36.3 Å². The number of hydrogen-bond acceptors (Lipinski definition) is 7. The summed E-state index contributed by atoms with van der Waals surface area (Å²) in [5, 5.41) is 28.3. The molecule has 0 fully saturated rings. The van der Waals surface area contributed by atoms with Gasteiger partial charge in [-0.05, 0) is 54.7 Å². The number of para-hydroxylation sites is 1. The van der Waals surface area contributed by atoms with Crippen LogP contribution < -0.4 is 20.5 Å². The fourth-order valence-corrected chi connectivity index (χ4v) is 3.97. The summed E-state index contributed by atoms with van der Waals surface area (Å²) in [6, 6.07) is 8.40. The predicted octanol–water partition coefficient (Wildman–Crippen LogP) is 1.86. The van der Waals surface area contributed by atoms with Crippen LogP contribution in [0.3, 0.4) is 0 Å². The van der Waals surface area contributed by atoms with E-state index in [2.05, 4.69) is 5.32 Å². The van der Waals surface area contributed by atoms with Crippen LogP contribution in [0, 0.1) is 5.41 Å². The zero-order valence-electron chi connectivity index (χ0n) is 20.2. The van der Waals surface area contributed by atoms with E-state index in [0.29, 0.717) is 47.6 Å². The number of aryl methyl sites for hydroxylation is 2. The summed E-state index contributed by atoms with van der Waals surface area (Å²) in [6.07, 6.45) is 0.390. The molecule has 1 aliphatic rings. The highest BCUT2D eigenvalue weighted by Crippen LogP contribution is 2.34. The van der Waals surface area contributed by atoms with Crippen molar-refractivity contribution >= 4 is 35.5 Å². The normalized spacial score (nSPS) is 13.6. The first-order valence-corrected chi connectivity index (χ1v) is 11.5. The molecule has 1 unspecified atom stereocenters. The van der Waals surface area contributed by atoms with Crippen LogP contribution in [-0.2, 0) is 27.2 Å². The SMILES string of the molecule is CN(C(=O)CCc1cccc2c1OCCCc1cc(NC(=N)N)ccc1C(=O)O2)C(CC(=O)O)C(=O)O. The number of anilines is 1. The van der Waals surface area contributed by atoms with Crippen molar-refractivity contribution in [3.63, 3.8) is 0 Å². The third kappa shape index (κ3) is 6.97. The van der Waals surface area contributed by atoms with Gasteiger partial charge in [0.1, 0.15) is 6.04 Å². The molecular formula is C25H28N4O8. The number of hydrogen-bond donors (Lipinski definition) is 5. The molecule has 0 radical (unpaired) electrons. The molecule has 2 aromatic carbocycles. The molecule has 0 bridgehead atoms. The number of carboxylic acids is 2. The Morgan fingerprint density at radius 2 is 1.97 bits per heavy atom. The molecule has 196 valence electrons. The quantitative estimate of drug-likeness (QED) is 0.151. The Labute approximate surface area is 212 Å². The van der Waals surface area contributed by atoms with E-state index in [1.807, 2.05) is 0 Å². The van der Waals surface area contributed by atoms with Crippen LogP contribution >= 0.6 is 0 Å². The maximum atomic E-state index is 13.0. The summed E-state index contributed by atoms with van der Waals surface area (Å²) >= 11 is 0. The Balaban J connectivity index is 1.79. The van der Waals surface area contributed by atoms with E-state index in [9.17, 15) is 24.3 Å². The van der Waals surface area contributed by atoms with Crippen molar-refractivity contribution in [2.75, 3.05) is 19.0 Å². The van der Waals surface area contributed by atoms with Crippen molar-refractivity contribution in [2.45, 2.75) is 38.1 Å². The van der Waals surface area contributed by atoms with Gasteiger partial charge in [0.15, 0.2) is 17.5 Å². The van der Waals surface area contributed by atoms with Crippen molar-refractivity contribution in [2.24, 2.45) is 5.73 Å². The van der Waals surface area contributed by atoms with Gasteiger partial charge in [0.25, 0.3) is 0 Å². The minimum atomic E-state index is -1.49. The summed E-state index contributed by atoms with van der Waals surface area (Å²) in [4.78, 5) is 48.9. The number of nitrogens with two attached hydrogens (primary N) is 1. The minimum absolute atomic E-state index is 0.109. The van der Waals surface area contributed by atoms with E-state index in [1.165, 1.54) is 7.05 Å². The molecule has 12 nitrogen and oxygen atoms in total. The lowest BCUT2D eigenvalue weighted by Crippen LogP contribution is -2.43. The van der Waals surface area contributed by atoms with Crippen molar-refractivity contribution in [3.05, 3.63) is 53.1 Å². The van der Waals surface area contributed by atoms with Crippen LogP contribution in [0.5, 0.6) is 11.5 Å². The van der Waals surface area contributed by atoms with Crippen molar-refractivity contribution in [1.82, 2.24) is 4.90 Å². The van der Waals surface area contributed by atoms with Gasteiger partial charge in [-0.3, -0.25) is 15.0 Å². The smallest absolute Gasteiger partial charge is 0.343 e. The summed E-state index contributed by atoms with van der Waals surface area (Å²) < 4.78 is 11.6. The van der Waals surface area contributed by atoms with Gasteiger partial charge in [-0.2, -0.15) is 0 Å². The van der Waals surface area contributed by atoms with Crippen LogP contribution in [-0.4, -0.2) is 64.6 Å². The highest BCUT2D eigenvalue weighted by molar-refractivity contribution is 5.95. The second-order valence-electron chi connectivity index (χ2n) is 8.45. The number of nitrogens with zero attached hydrogens (tertiary/aromatic N) is 1. The molecule has 37 heavy (non-hydrogen) atoms. The zero-order valence-corrected chi connectivity index (χ0v) is 20.2. The first-order valence-electron chi connectivity index (χ1n) is 11.5. The van der Waals surface area contributed by atoms with Crippen LogP contribution in [0.1, 0.15) is 40.7 Å². The first-order chi connectivity index (χ1) is 17.6. The first kappa shape index (κ1) is 27.0. The number of carboxylic acid groups (broad SMARTS) is 2. The van der Waals surface area contributed by atoms with E-state index in [0.717, 1.165) is 4.90 Å². The monoisotopic (exact) mass is 512 g/mol. The summed E-state index contributed by atoms with van der Waals surface area (Å²) in [5.41, 5.74) is 7.62. The number of benzene rings is 2. The number of carbonyl (C=O) groups excluding carboxylic acids is 2. The van der Waals surface area contributed by atoms with Crippen molar-refractivity contribution < 1.29 is 38.9 Å². The summed E-state index contributed by atoms with van der Waals surface area (Å²) in [7, 11) is 1.25. The highest BCUT2D eigenvalue weighted by atomic mass is 16.6. The Kier molecular flexibility index (Phi) is 8.67. The number of likely N-dealkylation sites (N-methyl/N-ethyl adjacent to an activating group) is 1. The third-order valence-electron chi connectivity index (χ3n) is 5.83. The number of aliphatic carboxylic acids is 2. The number of amides is 1. The summed E-state index contributed by atoms with van der Waals surface area (Å²) in [6.45, 7) is 0.291. The predicted molar refractivity (Wildman–Crippen MR) is 132 cm³/mol. The van der Waals surface area contributed by atoms with E-state index >= 15 is 0 Å². The molecule has 1 aliphatic heterocycles. The average molecular weight is 513 g/mol. The van der Waals surface area contributed by atoms with Crippen LogP contribution in [0.15, 0.2) is 36.4 Å². The molecule has 0 saturated heterocycles. The standard InChI is InChI=1S/C25H28N4O8/c1-29(18(23(33)34)13-21(31)32)20(30)10-7-14-4-2-6-19-22(14)36-11-3-5-15-12-16(28-25(26)27)8-9-17(15)24(35)37-19/h2,4,6,8-9,12,18H,3,5,7,10-11,13H2,1H3,(H,31,32)(H,33,34)(H4,26,27,28). The van der Waals surface area contributed by atoms with Crippen LogP contribution in [0.4, 0.5) is 5.69 Å². The highest BCUT2D eigenvalue weighted by Gasteiger charge is 2.29. The Hall–Kier alpha value is -4.61. The molecule has 3 rings (SSSR count). The number of fused-ring (bicyclic) bond motifs is 2. The molecule has 2 aromatic rings. The molecule has 0 spiro atoms. The number of nitrogens with one attached hydrogen (secondary N) is 2. The Morgan fingerprint density at radius 3 is 2.65 bits per heavy atom. The van der Waals surface area contributed by atoms with Gasteiger partial charge in [-0.25, -0.2) is 9.59 Å². The number of rotatable bonds is 8. The third-order valence-corrected chi connectivity index (χ3v) is 5.83. The molecule has 0 aliphatic carbocycles. The Bertz CT molecular complexity index is 1230. The number of esters is 1. The molecule has 6 N–H and O–H groups in total. The van der Waals surface area contributed by atoms with Gasteiger partial charge in [0, 0.05) is 19.2 Å². The largest absolute Gasteiger partial charge is 0.489 e. The van der Waals surface area contributed by atoms with Gasteiger partial charge in [0.2, 0.25) is 5.91 Å². The average Bonchev–Trinajstić information content (AvgIpc) is 2.83. The molecule has 0 aromatic heterocycles. The van der Waals surface area contributed by atoms with Crippen LogP contribution in [0.2, 0.25) is 0 Å². The molecule has 0 saturated carbocycles. The lowest BCUT2D eigenvalue weighted by atomic mass is 10.0. The van der Waals surface area contributed by atoms with E-state index in [4.69, 9.17) is 25.7 Å². The van der Waals surface area contributed by atoms with Crippen molar-refractivity contribution in [3.8, 4) is 11.5 Å². The van der Waals surface area contributed by atoms with E-state index in [-0.39, 0.29) is 24.6 Å². The molecule has 1 heterocycles. The lowest BCUT2D eigenvalue weighted by Gasteiger charge is -2.24. The van der Waals surface area contributed by atoms with Gasteiger partial charge in [0.05, 0.1) is 18.6 Å².